The van der Waals surface area contributed by atoms with Gasteiger partial charge in [0, 0.05) is 26.1 Å². The molecular formula is C10H18N2O. The number of ether oxygens (including phenoxy) is 1. The molecule has 0 unspecified atom stereocenters. The Balaban J connectivity index is 1.97. The minimum atomic E-state index is 0.320. The van der Waals surface area contributed by atoms with Gasteiger partial charge in [0.05, 0.1) is 12.7 Å². The molecule has 0 amide bonds. The predicted molar refractivity (Wildman–Crippen MR) is 51.3 cm³/mol. The summed E-state index contributed by atoms with van der Waals surface area (Å²) < 4.78 is 5.20. The molecule has 0 aromatic heterocycles. The summed E-state index contributed by atoms with van der Waals surface area (Å²) in [7, 11) is 0. The summed E-state index contributed by atoms with van der Waals surface area (Å²) >= 11 is 0. The Bertz CT molecular complexity index is 182. The third-order valence-electron chi connectivity index (χ3n) is 2.54. The Morgan fingerprint density at radius 3 is 2.85 bits per heavy atom. The molecule has 74 valence electrons. The van der Waals surface area contributed by atoms with Crippen LogP contribution in [-0.4, -0.2) is 26.3 Å². The standard InChI is InChI=1S/C10H18N2O/c1-2-13-8-7-12-9-10(3-4-10)5-6-11/h12H,2-5,7-9H2,1H3. The summed E-state index contributed by atoms with van der Waals surface area (Å²) in [6, 6.07) is 2.25. The molecule has 1 rings (SSSR count). The highest BCUT2D eigenvalue weighted by Crippen LogP contribution is 2.47. The molecule has 1 saturated carbocycles. The largest absolute Gasteiger partial charge is 0.380 e. The molecule has 1 aliphatic carbocycles. The van der Waals surface area contributed by atoms with E-state index >= 15 is 0 Å². The Labute approximate surface area is 80.1 Å². The summed E-state index contributed by atoms with van der Waals surface area (Å²) in [6.07, 6.45) is 3.12. The molecule has 0 aromatic carbocycles. The van der Waals surface area contributed by atoms with E-state index in [-0.39, 0.29) is 0 Å². The van der Waals surface area contributed by atoms with Crippen molar-refractivity contribution in [2.45, 2.75) is 26.2 Å². The highest BCUT2D eigenvalue weighted by Gasteiger charge is 2.41. The number of hydrogen-bond acceptors (Lipinski definition) is 3. The molecule has 13 heavy (non-hydrogen) atoms. The van der Waals surface area contributed by atoms with E-state index in [0.29, 0.717) is 11.8 Å². The van der Waals surface area contributed by atoms with Gasteiger partial charge in [-0.1, -0.05) is 0 Å². The molecule has 1 fully saturated rings. The van der Waals surface area contributed by atoms with Crippen LogP contribution < -0.4 is 5.32 Å². The first-order valence-corrected chi connectivity index (χ1v) is 4.98. The van der Waals surface area contributed by atoms with Crippen LogP contribution in [0.2, 0.25) is 0 Å². The van der Waals surface area contributed by atoms with Gasteiger partial charge in [-0.15, -0.1) is 0 Å². The van der Waals surface area contributed by atoms with Crippen LogP contribution in [0.1, 0.15) is 26.2 Å². The van der Waals surface area contributed by atoms with E-state index in [4.69, 9.17) is 10.00 Å². The molecule has 0 heterocycles. The first-order chi connectivity index (χ1) is 6.33. The molecule has 0 bridgehead atoms. The van der Waals surface area contributed by atoms with Gasteiger partial charge in [-0.25, -0.2) is 0 Å². The van der Waals surface area contributed by atoms with E-state index in [1.54, 1.807) is 0 Å². The molecule has 1 aliphatic rings. The van der Waals surface area contributed by atoms with Crippen LogP contribution in [-0.2, 0) is 4.74 Å². The maximum atomic E-state index is 8.58. The predicted octanol–water partition coefficient (Wildman–Crippen LogP) is 1.31. The van der Waals surface area contributed by atoms with Crippen LogP contribution in [0.25, 0.3) is 0 Å². The normalized spacial score (nSPS) is 18.2. The summed E-state index contributed by atoms with van der Waals surface area (Å²) in [5.74, 6) is 0. The van der Waals surface area contributed by atoms with Gasteiger partial charge in [0.15, 0.2) is 0 Å². The second-order valence-electron chi connectivity index (χ2n) is 3.71. The van der Waals surface area contributed by atoms with Crippen LogP contribution in [0, 0.1) is 16.7 Å². The van der Waals surface area contributed by atoms with Crippen LogP contribution in [0.5, 0.6) is 0 Å². The monoisotopic (exact) mass is 182 g/mol. The molecule has 0 radical (unpaired) electrons. The lowest BCUT2D eigenvalue weighted by Gasteiger charge is -2.11. The lowest BCUT2D eigenvalue weighted by Crippen LogP contribution is -2.27. The number of hydrogen-bond donors (Lipinski definition) is 1. The molecule has 0 aliphatic heterocycles. The summed E-state index contributed by atoms with van der Waals surface area (Å²) in [4.78, 5) is 0. The third kappa shape index (κ3) is 3.75. The van der Waals surface area contributed by atoms with E-state index in [0.717, 1.165) is 26.3 Å². The molecule has 3 heteroatoms. The van der Waals surface area contributed by atoms with Crippen LogP contribution in [0.4, 0.5) is 0 Å². The van der Waals surface area contributed by atoms with Gasteiger partial charge in [-0.2, -0.15) is 5.26 Å². The third-order valence-corrected chi connectivity index (χ3v) is 2.54. The van der Waals surface area contributed by atoms with Gasteiger partial charge in [0.25, 0.3) is 0 Å². The van der Waals surface area contributed by atoms with Crippen molar-refractivity contribution in [3.05, 3.63) is 0 Å². The summed E-state index contributed by atoms with van der Waals surface area (Å²) in [5.41, 5.74) is 0.320. The van der Waals surface area contributed by atoms with E-state index in [1.165, 1.54) is 12.8 Å². The number of rotatable bonds is 7. The Morgan fingerprint density at radius 1 is 1.54 bits per heavy atom. The molecule has 0 saturated heterocycles. The average molecular weight is 182 g/mol. The smallest absolute Gasteiger partial charge is 0.0628 e. The van der Waals surface area contributed by atoms with Gasteiger partial charge in [0.2, 0.25) is 0 Å². The van der Waals surface area contributed by atoms with Crippen molar-refractivity contribution in [3.63, 3.8) is 0 Å². The van der Waals surface area contributed by atoms with Crippen molar-refractivity contribution in [3.8, 4) is 6.07 Å². The minimum absolute atomic E-state index is 0.320. The molecule has 3 nitrogen and oxygen atoms in total. The lowest BCUT2D eigenvalue weighted by atomic mass is 10.0. The molecule has 0 atom stereocenters. The van der Waals surface area contributed by atoms with E-state index in [9.17, 15) is 0 Å². The zero-order valence-corrected chi connectivity index (χ0v) is 8.31. The van der Waals surface area contributed by atoms with E-state index < -0.39 is 0 Å². The van der Waals surface area contributed by atoms with Crippen molar-refractivity contribution in [2.24, 2.45) is 5.41 Å². The van der Waals surface area contributed by atoms with Gasteiger partial charge in [-0.3, -0.25) is 0 Å². The Hall–Kier alpha value is -0.590. The zero-order valence-electron chi connectivity index (χ0n) is 8.31. The molecule has 0 aromatic rings. The van der Waals surface area contributed by atoms with Gasteiger partial charge < -0.3 is 10.1 Å². The van der Waals surface area contributed by atoms with Crippen molar-refractivity contribution in [1.29, 1.82) is 5.26 Å². The maximum absolute atomic E-state index is 8.58. The maximum Gasteiger partial charge on any atom is 0.0628 e. The van der Waals surface area contributed by atoms with Gasteiger partial charge in [-0.05, 0) is 25.2 Å². The fraction of sp³-hybridized carbons (Fsp3) is 0.900. The summed E-state index contributed by atoms with van der Waals surface area (Å²) in [5, 5.41) is 11.9. The van der Waals surface area contributed by atoms with Crippen LogP contribution in [0.15, 0.2) is 0 Å². The SMILES string of the molecule is CCOCCNCC1(CC#N)CC1. The van der Waals surface area contributed by atoms with Gasteiger partial charge in [0.1, 0.15) is 0 Å². The molecule has 0 spiro atoms. The summed E-state index contributed by atoms with van der Waals surface area (Å²) in [6.45, 7) is 5.44. The zero-order chi connectivity index (χ0) is 9.57. The lowest BCUT2D eigenvalue weighted by molar-refractivity contribution is 0.148. The Morgan fingerprint density at radius 2 is 2.31 bits per heavy atom. The second-order valence-corrected chi connectivity index (χ2v) is 3.71. The highest BCUT2D eigenvalue weighted by atomic mass is 16.5. The van der Waals surface area contributed by atoms with Crippen LogP contribution in [0.3, 0.4) is 0 Å². The van der Waals surface area contributed by atoms with Crippen LogP contribution >= 0.6 is 0 Å². The minimum Gasteiger partial charge on any atom is -0.380 e. The number of nitrogens with one attached hydrogen (secondary N) is 1. The highest BCUT2D eigenvalue weighted by molar-refractivity contribution is 5.00. The first-order valence-electron chi connectivity index (χ1n) is 4.98. The second kappa shape index (κ2) is 5.21. The average Bonchev–Trinajstić information content (AvgIpc) is 2.86. The van der Waals surface area contributed by atoms with Crippen molar-refractivity contribution >= 4 is 0 Å². The molecular weight excluding hydrogens is 164 g/mol. The topological polar surface area (TPSA) is 45.0 Å². The van der Waals surface area contributed by atoms with Crippen molar-refractivity contribution in [2.75, 3.05) is 26.3 Å². The first kappa shape index (κ1) is 10.5. The fourth-order valence-electron chi connectivity index (χ4n) is 1.40. The van der Waals surface area contributed by atoms with E-state index in [2.05, 4.69) is 11.4 Å². The van der Waals surface area contributed by atoms with E-state index in [1.807, 2.05) is 6.92 Å². The number of nitriles is 1. The quantitative estimate of drug-likeness (QED) is 0.604. The Kier molecular flexibility index (Phi) is 4.20. The van der Waals surface area contributed by atoms with Crippen molar-refractivity contribution in [1.82, 2.24) is 5.32 Å². The van der Waals surface area contributed by atoms with Crippen molar-refractivity contribution < 1.29 is 4.74 Å². The molecule has 1 N–H and O–H groups in total. The number of nitrogens with zero attached hydrogens (tertiary/aromatic N) is 1. The fourth-order valence-corrected chi connectivity index (χ4v) is 1.40. The van der Waals surface area contributed by atoms with Gasteiger partial charge >= 0.3 is 0 Å².